The van der Waals surface area contributed by atoms with E-state index < -0.39 is 0 Å². The molecule has 3 rings (SSSR count). The van der Waals surface area contributed by atoms with E-state index in [-0.39, 0.29) is 0 Å². The molecule has 2 fully saturated rings. The summed E-state index contributed by atoms with van der Waals surface area (Å²) in [6, 6.07) is 8.23. The van der Waals surface area contributed by atoms with Gasteiger partial charge < -0.3 is 14.5 Å². The Morgan fingerprint density at radius 1 is 1.04 bits per heavy atom. The Bertz CT molecular complexity index is 527. The van der Waals surface area contributed by atoms with Gasteiger partial charge in [0, 0.05) is 45.7 Å². The summed E-state index contributed by atoms with van der Waals surface area (Å²) in [5.74, 6) is 1.29. The van der Waals surface area contributed by atoms with Crippen LogP contribution in [0.15, 0.2) is 24.3 Å². The number of ether oxygens (including phenoxy) is 1. The molecule has 0 radical (unpaired) electrons. The molecule has 2 heterocycles. The van der Waals surface area contributed by atoms with E-state index in [0.29, 0.717) is 5.91 Å². The number of nitrogens with zero attached hydrogens (tertiary/aromatic N) is 3. The first-order valence-corrected chi connectivity index (χ1v) is 8.66. The Morgan fingerprint density at radius 2 is 1.83 bits per heavy atom. The van der Waals surface area contributed by atoms with Gasteiger partial charge in [-0.2, -0.15) is 0 Å². The van der Waals surface area contributed by atoms with Crippen LogP contribution in [-0.2, 0) is 4.79 Å². The Hall–Kier alpha value is -1.75. The number of anilines is 1. The minimum Gasteiger partial charge on any atom is -0.495 e. The molecule has 0 unspecified atom stereocenters. The molecule has 2 aliphatic rings. The summed E-state index contributed by atoms with van der Waals surface area (Å²) in [6.45, 7) is 7.18. The zero-order valence-corrected chi connectivity index (χ0v) is 14.0. The second-order valence-electron chi connectivity index (χ2n) is 6.34. The smallest absolute Gasteiger partial charge is 0.222 e. The lowest BCUT2D eigenvalue weighted by molar-refractivity contribution is -0.127. The highest BCUT2D eigenvalue weighted by Gasteiger charge is 2.21. The van der Waals surface area contributed by atoms with Crippen LogP contribution in [-0.4, -0.2) is 68.6 Å². The molecule has 0 aliphatic carbocycles. The van der Waals surface area contributed by atoms with Crippen molar-refractivity contribution in [2.24, 2.45) is 0 Å². The standard InChI is InChI=1S/C18H27N3O2/c1-23-17-7-3-2-6-16(17)20-14-12-19(13-15-20)9-5-11-21-10-4-8-18(21)22/h2-3,6-7H,4-5,8-15H2,1H3. The highest BCUT2D eigenvalue weighted by Crippen LogP contribution is 2.28. The van der Waals surface area contributed by atoms with Crippen molar-refractivity contribution in [1.82, 2.24) is 9.80 Å². The highest BCUT2D eigenvalue weighted by molar-refractivity contribution is 5.77. The number of amides is 1. The van der Waals surface area contributed by atoms with Gasteiger partial charge in [-0.3, -0.25) is 9.69 Å². The molecule has 0 bridgehead atoms. The van der Waals surface area contributed by atoms with Gasteiger partial charge in [0.15, 0.2) is 0 Å². The second kappa shape index (κ2) is 7.68. The molecule has 1 aromatic carbocycles. The minimum absolute atomic E-state index is 0.339. The maximum Gasteiger partial charge on any atom is 0.222 e. The lowest BCUT2D eigenvalue weighted by Gasteiger charge is -2.36. The average molecular weight is 317 g/mol. The molecule has 0 N–H and O–H groups in total. The van der Waals surface area contributed by atoms with Gasteiger partial charge in [0.05, 0.1) is 12.8 Å². The number of benzene rings is 1. The zero-order chi connectivity index (χ0) is 16.1. The summed E-state index contributed by atoms with van der Waals surface area (Å²) in [5.41, 5.74) is 1.19. The van der Waals surface area contributed by atoms with E-state index in [0.717, 1.165) is 70.8 Å². The summed E-state index contributed by atoms with van der Waals surface area (Å²) >= 11 is 0. The van der Waals surface area contributed by atoms with Crippen molar-refractivity contribution < 1.29 is 9.53 Å². The summed E-state index contributed by atoms with van der Waals surface area (Å²) in [7, 11) is 1.73. The molecule has 5 heteroatoms. The van der Waals surface area contributed by atoms with Crippen molar-refractivity contribution in [2.75, 3.05) is 57.8 Å². The average Bonchev–Trinajstić information content (AvgIpc) is 3.01. The Labute approximate surface area is 138 Å². The molecule has 5 nitrogen and oxygen atoms in total. The first-order valence-electron chi connectivity index (χ1n) is 8.66. The van der Waals surface area contributed by atoms with Crippen molar-refractivity contribution in [3.63, 3.8) is 0 Å². The van der Waals surface area contributed by atoms with Crippen LogP contribution in [0.2, 0.25) is 0 Å². The van der Waals surface area contributed by atoms with Gasteiger partial charge in [-0.05, 0) is 31.5 Å². The third-order valence-corrected chi connectivity index (χ3v) is 4.87. The summed E-state index contributed by atoms with van der Waals surface area (Å²) < 4.78 is 5.46. The van der Waals surface area contributed by atoms with Crippen LogP contribution in [0.4, 0.5) is 5.69 Å². The number of hydrogen-bond acceptors (Lipinski definition) is 4. The van der Waals surface area contributed by atoms with Crippen molar-refractivity contribution in [3.8, 4) is 5.75 Å². The van der Waals surface area contributed by atoms with E-state index in [1.54, 1.807) is 7.11 Å². The van der Waals surface area contributed by atoms with Gasteiger partial charge in [-0.25, -0.2) is 0 Å². The molecular weight excluding hydrogens is 290 g/mol. The molecular formula is C18H27N3O2. The molecule has 23 heavy (non-hydrogen) atoms. The van der Waals surface area contributed by atoms with Crippen LogP contribution in [0, 0.1) is 0 Å². The van der Waals surface area contributed by atoms with E-state index in [1.807, 2.05) is 17.0 Å². The van der Waals surface area contributed by atoms with E-state index >= 15 is 0 Å². The Balaban J connectivity index is 1.42. The zero-order valence-electron chi connectivity index (χ0n) is 14.0. The normalized spacial score (nSPS) is 19.4. The maximum absolute atomic E-state index is 11.6. The van der Waals surface area contributed by atoms with Crippen molar-refractivity contribution >= 4 is 11.6 Å². The third-order valence-electron chi connectivity index (χ3n) is 4.87. The second-order valence-corrected chi connectivity index (χ2v) is 6.34. The van der Waals surface area contributed by atoms with Gasteiger partial charge in [0.2, 0.25) is 5.91 Å². The first kappa shape index (κ1) is 16.1. The van der Waals surface area contributed by atoms with Crippen molar-refractivity contribution in [3.05, 3.63) is 24.3 Å². The molecule has 1 aromatic rings. The number of carbonyl (C=O) groups excluding carboxylic acids is 1. The van der Waals surface area contributed by atoms with Gasteiger partial charge in [0.1, 0.15) is 5.75 Å². The number of para-hydroxylation sites is 2. The molecule has 1 amide bonds. The number of hydrogen-bond donors (Lipinski definition) is 0. The van der Waals surface area contributed by atoms with Crippen LogP contribution >= 0.6 is 0 Å². The van der Waals surface area contributed by atoms with Gasteiger partial charge in [0.25, 0.3) is 0 Å². The van der Waals surface area contributed by atoms with Crippen LogP contribution < -0.4 is 9.64 Å². The lowest BCUT2D eigenvalue weighted by Crippen LogP contribution is -2.47. The van der Waals surface area contributed by atoms with Crippen LogP contribution in [0.25, 0.3) is 0 Å². The first-order chi connectivity index (χ1) is 11.3. The minimum atomic E-state index is 0.339. The molecule has 2 aliphatic heterocycles. The fraction of sp³-hybridized carbons (Fsp3) is 0.611. The Morgan fingerprint density at radius 3 is 2.52 bits per heavy atom. The van der Waals surface area contributed by atoms with E-state index in [9.17, 15) is 4.79 Å². The maximum atomic E-state index is 11.6. The highest BCUT2D eigenvalue weighted by atomic mass is 16.5. The lowest BCUT2D eigenvalue weighted by atomic mass is 10.2. The fourth-order valence-electron chi connectivity index (χ4n) is 3.53. The molecule has 126 valence electrons. The number of likely N-dealkylation sites (tertiary alicyclic amines) is 1. The van der Waals surface area contributed by atoms with Gasteiger partial charge in [-0.15, -0.1) is 0 Å². The Kier molecular flexibility index (Phi) is 5.39. The van der Waals surface area contributed by atoms with E-state index in [2.05, 4.69) is 21.9 Å². The van der Waals surface area contributed by atoms with Gasteiger partial charge >= 0.3 is 0 Å². The third kappa shape index (κ3) is 3.96. The van der Waals surface area contributed by atoms with Crippen LogP contribution in [0.1, 0.15) is 19.3 Å². The van der Waals surface area contributed by atoms with Crippen molar-refractivity contribution in [1.29, 1.82) is 0 Å². The fourth-order valence-corrected chi connectivity index (χ4v) is 3.53. The van der Waals surface area contributed by atoms with Crippen LogP contribution in [0.3, 0.4) is 0 Å². The predicted molar refractivity (Wildman–Crippen MR) is 92.1 cm³/mol. The number of carbonyl (C=O) groups is 1. The van der Waals surface area contributed by atoms with Gasteiger partial charge in [-0.1, -0.05) is 12.1 Å². The number of methoxy groups -OCH3 is 1. The molecule has 0 saturated carbocycles. The molecule has 0 aromatic heterocycles. The number of piperazine rings is 1. The topological polar surface area (TPSA) is 36.0 Å². The monoisotopic (exact) mass is 317 g/mol. The summed E-state index contributed by atoms with van der Waals surface area (Å²) in [4.78, 5) is 18.5. The molecule has 2 saturated heterocycles. The van der Waals surface area contributed by atoms with E-state index in [4.69, 9.17) is 4.74 Å². The summed E-state index contributed by atoms with van der Waals surface area (Å²) in [6.07, 6.45) is 2.87. The summed E-state index contributed by atoms with van der Waals surface area (Å²) in [5, 5.41) is 0. The predicted octanol–water partition coefficient (Wildman–Crippen LogP) is 1.83. The largest absolute Gasteiger partial charge is 0.495 e. The number of rotatable bonds is 6. The van der Waals surface area contributed by atoms with Crippen molar-refractivity contribution in [2.45, 2.75) is 19.3 Å². The molecule has 0 atom stereocenters. The quantitative estimate of drug-likeness (QED) is 0.802. The molecule has 0 spiro atoms. The van der Waals surface area contributed by atoms with Crippen LogP contribution in [0.5, 0.6) is 5.75 Å². The van der Waals surface area contributed by atoms with E-state index in [1.165, 1.54) is 5.69 Å². The SMILES string of the molecule is COc1ccccc1N1CCN(CCCN2CCCC2=O)CC1.